The minimum absolute atomic E-state index is 0. The molecule has 0 aliphatic carbocycles. The molecule has 0 aliphatic heterocycles. The van der Waals surface area contributed by atoms with Gasteiger partial charge in [0.1, 0.15) is 29.1 Å². The van der Waals surface area contributed by atoms with Gasteiger partial charge in [-0.3, -0.25) is 0 Å². The van der Waals surface area contributed by atoms with Crippen LogP contribution in [-0.2, 0) is 101 Å². The standard InChI is InChI=1S/C17H16N3.2C16H14N3O.C16H14N3S.C16H14N3.5Ir/c1-12-9-13(2)11-15(10-12)17-19-18-14(3)20(17)16-7-5-4-6-8-16;1-12-17-18-16(13-7-6-10-15(11-13)20-2)19(12)14-8-4-3-5-9-14;2*1-12-17-18-16(13-8-10-15(20-2)11-9-13)19(12)14-6-4-3-5-7-14;1-12-7-6-8-14(11-12)16-18-17-13(2)19(16)15-9-4-3-5-10-15;;;;;/h4-10H,1-3H3;3-6,8-11H,1-2H3;2*3-8,10-11H,1-2H3;3-7,9-11H,1-2H3;;;;;/q5*-1;;;;;. The van der Waals surface area contributed by atoms with Crippen LogP contribution in [0.4, 0.5) is 0 Å². The molecule has 17 nitrogen and oxygen atoms in total. The third-order valence-electron chi connectivity index (χ3n) is 15.6. The van der Waals surface area contributed by atoms with Crippen LogP contribution in [0.1, 0.15) is 45.8 Å². The molecule has 0 amide bonds. The molecule has 5 radical (unpaired) electrons. The number of hydrogen-bond acceptors (Lipinski definition) is 13. The Kier molecular flexibility index (Phi) is 33.1. The van der Waals surface area contributed by atoms with Crippen molar-refractivity contribution in [3.63, 3.8) is 0 Å². The molecule has 23 heteroatoms. The van der Waals surface area contributed by atoms with Gasteiger partial charge in [-0.2, -0.15) is 37.3 Å². The van der Waals surface area contributed by atoms with Crippen molar-refractivity contribution in [2.75, 3.05) is 20.5 Å². The van der Waals surface area contributed by atoms with E-state index in [0.717, 1.165) is 132 Å². The van der Waals surface area contributed by atoms with Gasteiger partial charge >= 0.3 is 0 Å². The number of benzene rings is 10. The largest absolute Gasteiger partial charge is 0.540 e. The average Bonchev–Trinajstić information content (AvgIpc) is 1.65. The Morgan fingerprint density at radius 1 is 0.298 bits per heavy atom. The maximum absolute atomic E-state index is 5.25. The second kappa shape index (κ2) is 41.0. The van der Waals surface area contributed by atoms with Crippen LogP contribution in [0.5, 0.6) is 11.5 Å². The van der Waals surface area contributed by atoms with E-state index in [2.05, 4.69) is 167 Å². The Balaban J connectivity index is 0.000000202. The van der Waals surface area contributed by atoms with Gasteiger partial charge in [-0.15, -0.1) is 179 Å². The van der Waals surface area contributed by atoms with Crippen molar-refractivity contribution < 1.29 is 110 Å². The first kappa shape index (κ1) is 84.0. The zero-order chi connectivity index (χ0) is 69.2. The predicted octanol–water partition coefficient (Wildman–Crippen LogP) is 16.9. The van der Waals surface area contributed by atoms with Gasteiger partial charge in [-0.1, -0.05) is 123 Å². The molecule has 0 unspecified atom stereocenters. The molecule has 0 N–H and O–H groups in total. The van der Waals surface area contributed by atoms with Crippen LogP contribution >= 0.6 is 11.8 Å². The van der Waals surface area contributed by atoms with Gasteiger partial charge in [0.2, 0.25) is 0 Å². The Morgan fingerprint density at radius 3 is 0.942 bits per heavy atom. The molecular formula is C81H72Ir5N15O2S-5. The van der Waals surface area contributed by atoms with Crippen molar-refractivity contribution in [2.45, 2.75) is 60.3 Å². The first-order chi connectivity index (χ1) is 48.3. The second-order valence-corrected chi connectivity index (χ2v) is 23.5. The summed E-state index contributed by atoms with van der Waals surface area (Å²) in [6.45, 7) is 15.9. The number of para-hydroxylation sites is 5. The molecule has 5 heterocycles. The predicted molar refractivity (Wildman–Crippen MR) is 391 cm³/mol. The van der Waals surface area contributed by atoms with Gasteiger partial charge in [0.25, 0.3) is 0 Å². The first-order valence-corrected chi connectivity index (χ1v) is 33.1. The van der Waals surface area contributed by atoms with Gasteiger partial charge in [0, 0.05) is 140 Å². The van der Waals surface area contributed by atoms with Gasteiger partial charge in [0.05, 0.1) is 43.3 Å². The summed E-state index contributed by atoms with van der Waals surface area (Å²) in [7, 11) is 3.28. The molecule has 0 saturated carbocycles. The van der Waals surface area contributed by atoms with Crippen LogP contribution < -0.4 is 9.47 Å². The fourth-order valence-corrected chi connectivity index (χ4v) is 11.3. The first-order valence-electron chi connectivity index (χ1n) is 31.8. The van der Waals surface area contributed by atoms with Crippen LogP contribution in [0.15, 0.2) is 241 Å². The van der Waals surface area contributed by atoms with Crippen LogP contribution in [0, 0.1) is 85.7 Å². The molecule has 0 saturated heterocycles. The molecule has 0 spiro atoms. The number of nitrogens with zero attached hydrogens (tertiary/aromatic N) is 15. The van der Waals surface area contributed by atoms with Crippen LogP contribution in [0.2, 0.25) is 0 Å². The molecule has 0 fully saturated rings. The summed E-state index contributed by atoms with van der Waals surface area (Å²) >= 11 is 1.70. The van der Waals surface area contributed by atoms with Crippen molar-refractivity contribution in [2.24, 2.45) is 0 Å². The number of ether oxygens (including phenoxy) is 2. The monoisotopic (exact) mass is 2280 g/mol. The summed E-state index contributed by atoms with van der Waals surface area (Å²) in [5.74, 6) is 9.86. The van der Waals surface area contributed by atoms with Crippen LogP contribution in [0.3, 0.4) is 0 Å². The smallest absolute Gasteiger partial charge is 0.125 e. The summed E-state index contributed by atoms with van der Waals surface area (Å²) in [6, 6.07) is 94.3. The Labute approximate surface area is 679 Å². The van der Waals surface area contributed by atoms with E-state index < -0.39 is 0 Å². The Morgan fingerprint density at radius 2 is 0.625 bits per heavy atom. The van der Waals surface area contributed by atoms with Gasteiger partial charge in [-0.25, -0.2) is 0 Å². The van der Waals surface area contributed by atoms with E-state index in [4.69, 9.17) is 9.47 Å². The number of hydrogen-bond donors (Lipinski definition) is 0. The third-order valence-corrected chi connectivity index (χ3v) is 16.3. The fraction of sp³-hybridized carbons (Fsp3) is 0.136. The van der Waals surface area contributed by atoms with E-state index in [1.165, 1.54) is 16.0 Å². The normalized spacial score (nSPS) is 10.1. The maximum atomic E-state index is 5.25. The van der Waals surface area contributed by atoms with Crippen LogP contribution in [-0.4, -0.2) is 94.3 Å². The van der Waals surface area contributed by atoms with Crippen molar-refractivity contribution in [3.8, 4) is 96.9 Å². The molecule has 5 aromatic heterocycles. The number of aryl methyl sites for hydroxylation is 8. The van der Waals surface area contributed by atoms with Crippen molar-refractivity contribution in [3.05, 3.63) is 313 Å². The molecular weight excluding hydrogens is 2210 g/mol. The fourth-order valence-electron chi connectivity index (χ4n) is 10.9. The zero-order valence-electron chi connectivity index (χ0n) is 58.6. The van der Waals surface area contributed by atoms with E-state index in [9.17, 15) is 0 Å². The summed E-state index contributed by atoms with van der Waals surface area (Å²) in [5.41, 5.74) is 13.4. The van der Waals surface area contributed by atoms with E-state index in [0.29, 0.717) is 0 Å². The van der Waals surface area contributed by atoms with E-state index in [1.54, 1.807) is 32.0 Å². The minimum atomic E-state index is 0. The summed E-state index contributed by atoms with van der Waals surface area (Å²) in [4.78, 5) is 1.19. The number of methoxy groups -OCH3 is 2. The topological polar surface area (TPSA) is 172 Å². The molecule has 15 rings (SSSR count). The zero-order valence-corrected chi connectivity index (χ0v) is 71.4. The Bertz CT molecular complexity index is 4930. The maximum Gasteiger partial charge on any atom is 0.125 e. The van der Waals surface area contributed by atoms with Crippen molar-refractivity contribution >= 4 is 11.8 Å². The summed E-state index contributed by atoms with van der Waals surface area (Å²) in [6.07, 6.45) is 2.06. The van der Waals surface area contributed by atoms with E-state index >= 15 is 0 Å². The molecule has 10 aromatic carbocycles. The van der Waals surface area contributed by atoms with E-state index in [1.807, 2.05) is 230 Å². The molecule has 104 heavy (non-hydrogen) atoms. The van der Waals surface area contributed by atoms with Gasteiger partial charge in [-0.05, 0) is 102 Å². The summed E-state index contributed by atoms with van der Waals surface area (Å²) < 4.78 is 20.6. The van der Waals surface area contributed by atoms with Gasteiger partial charge in [0.15, 0.2) is 0 Å². The third kappa shape index (κ3) is 21.0. The molecule has 0 bridgehead atoms. The van der Waals surface area contributed by atoms with Gasteiger partial charge < -0.3 is 32.3 Å². The quantitative estimate of drug-likeness (QED) is 0.0789. The SMILES string of the molecule is COc1c[c-]c(-c2nnc(C)n2-c2ccccc2)cc1.COc1cc[c-]c(-c2nnc(C)n2-c2ccccc2)c1.CSc1c[c-]c(-c2nnc(C)n2-c2ccccc2)cc1.Cc1[c-]c(-c2nnc(C)n2-c2ccccc2)cc(C)c1.Cc1cc[c-]c(-c2nnc(C)n2-c2ccccc2)c1.[Ir].[Ir].[Ir].[Ir].[Ir]. The minimum Gasteiger partial charge on any atom is -0.540 e. The van der Waals surface area contributed by atoms with E-state index in [-0.39, 0.29) is 101 Å². The number of thioether (sulfide) groups is 1. The van der Waals surface area contributed by atoms with Crippen molar-refractivity contribution in [1.82, 2.24) is 73.8 Å². The van der Waals surface area contributed by atoms with Crippen LogP contribution in [0.25, 0.3) is 85.4 Å². The number of rotatable bonds is 13. The number of aromatic nitrogens is 15. The molecule has 539 valence electrons. The average molecular weight is 2280 g/mol. The molecule has 0 atom stereocenters. The summed E-state index contributed by atoms with van der Waals surface area (Å²) in [5, 5.41) is 42.4. The molecule has 0 aliphatic rings. The molecule has 15 aromatic rings. The van der Waals surface area contributed by atoms with Crippen molar-refractivity contribution in [1.29, 1.82) is 0 Å². The Hall–Kier alpha value is -8.90. The second-order valence-electron chi connectivity index (χ2n) is 22.7.